The van der Waals surface area contributed by atoms with Gasteiger partial charge in [-0.1, -0.05) is 6.07 Å². The van der Waals surface area contributed by atoms with Gasteiger partial charge in [0.1, 0.15) is 11.9 Å². The third-order valence-corrected chi connectivity index (χ3v) is 5.63. The lowest BCUT2D eigenvalue weighted by Crippen LogP contribution is -2.14. The number of hydrogen-bond donors (Lipinski definition) is 1. The Hall–Kier alpha value is -3.55. The molecular weight excluding hydrogens is 398 g/mol. The summed E-state index contributed by atoms with van der Waals surface area (Å²) in [5.74, 6) is 0.0688. The second-order valence-corrected chi connectivity index (χ2v) is 7.59. The number of hydrogen-bond acceptors (Lipinski definition) is 7. The number of benzene rings is 2. The topological polar surface area (TPSA) is 106 Å². The maximum atomic E-state index is 12.6. The predicted molar refractivity (Wildman–Crippen MR) is 115 cm³/mol. The van der Waals surface area contributed by atoms with Gasteiger partial charge in [-0.3, -0.25) is 0 Å². The molecule has 1 aliphatic rings. The van der Waals surface area contributed by atoms with Crippen LogP contribution < -0.4 is 10.5 Å². The van der Waals surface area contributed by atoms with Crippen molar-refractivity contribution >= 4 is 28.9 Å². The number of rotatable bonds is 6. The fourth-order valence-corrected chi connectivity index (χ4v) is 3.95. The van der Waals surface area contributed by atoms with Gasteiger partial charge in [-0.2, -0.15) is 0 Å². The van der Waals surface area contributed by atoms with Crippen molar-refractivity contribution in [1.29, 1.82) is 0 Å². The minimum atomic E-state index is -0.442. The van der Waals surface area contributed by atoms with Gasteiger partial charge in [-0.15, -0.1) is 0 Å². The van der Waals surface area contributed by atoms with Crippen LogP contribution in [0.3, 0.4) is 0 Å². The molecule has 0 unspecified atom stereocenters. The van der Waals surface area contributed by atoms with Gasteiger partial charge in [-0.05, 0) is 56.0 Å². The first-order valence-electron chi connectivity index (χ1n) is 10.2. The van der Waals surface area contributed by atoms with Crippen LogP contribution in [0, 0.1) is 0 Å². The number of nitrogens with two attached hydrogens (primary N) is 1. The number of esters is 2. The zero-order valence-corrected chi connectivity index (χ0v) is 17.6. The lowest BCUT2D eigenvalue weighted by atomic mass is 10.1. The number of fused-ring (bicyclic) bond motifs is 1. The van der Waals surface area contributed by atoms with E-state index in [4.69, 9.17) is 19.9 Å². The quantitative estimate of drug-likeness (QED) is 0.604. The Morgan fingerprint density at radius 2 is 1.77 bits per heavy atom. The van der Waals surface area contributed by atoms with E-state index in [9.17, 15) is 9.59 Å². The monoisotopic (exact) mass is 423 g/mol. The van der Waals surface area contributed by atoms with E-state index >= 15 is 0 Å². The van der Waals surface area contributed by atoms with E-state index in [-0.39, 0.29) is 12.1 Å². The molecule has 0 bridgehead atoms. The second kappa shape index (κ2) is 8.67. The average Bonchev–Trinajstić information content (AvgIpc) is 3.40. The SMILES string of the molecule is COC(=O)c1ccc(Cn2c(N)nc3ccc(C(=O)OC4CCCC4)cc32)c(OC)c1. The van der Waals surface area contributed by atoms with Crippen molar-refractivity contribution in [1.82, 2.24) is 9.55 Å². The Labute approximate surface area is 179 Å². The van der Waals surface area contributed by atoms with Gasteiger partial charge in [0.25, 0.3) is 0 Å². The minimum absolute atomic E-state index is 0.00392. The molecule has 1 aliphatic carbocycles. The molecule has 8 heteroatoms. The fourth-order valence-electron chi connectivity index (χ4n) is 3.95. The normalized spacial score (nSPS) is 14.0. The highest BCUT2D eigenvalue weighted by Crippen LogP contribution is 2.27. The summed E-state index contributed by atoms with van der Waals surface area (Å²) in [6.45, 7) is 0.355. The summed E-state index contributed by atoms with van der Waals surface area (Å²) < 4.78 is 17.7. The smallest absolute Gasteiger partial charge is 0.338 e. The Kier molecular flexibility index (Phi) is 5.79. The molecule has 3 aromatic rings. The number of carbonyl (C=O) groups excluding carboxylic acids is 2. The lowest BCUT2D eigenvalue weighted by Gasteiger charge is -2.13. The van der Waals surface area contributed by atoms with Crippen LogP contribution in [-0.4, -0.2) is 41.8 Å². The van der Waals surface area contributed by atoms with Crippen LogP contribution in [0.1, 0.15) is 52.0 Å². The molecule has 1 fully saturated rings. The maximum absolute atomic E-state index is 12.6. The van der Waals surface area contributed by atoms with Gasteiger partial charge in [0.05, 0.1) is 42.9 Å². The lowest BCUT2D eigenvalue weighted by molar-refractivity contribution is 0.0317. The standard InChI is InChI=1S/C23H25N3O5/c1-29-20-12-15(21(27)30-2)7-8-16(20)13-26-19-11-14(9-10-18(19)25-23(26)24)22(28)31-17-5-3-4-6-17/h7-12,17H,3-6,13H2,1-2H3,(H2,24,25). The minimum Gasteiger partial charge on any atom is -0.496 e. The third-order valence-electron chi connectivity index (χ3n) is 5.63. The highest BCUT2D eigenvalue weighted by atomic mass is 16.5. The van der Waals surface area contributed by atoms with Crippen molar-refractivity contribution in [3.05, 3.63) is 53.1 Å². The highest BCUT2D eigenvalue weighted by molar-refractivity contribution is 5.94. The molecule has 0 atom stereocenters. The van der Waals surface area contributed by atoms with Gasteiger partial charge in [0.15, 0.2) is 0 Å². The largest absolute Gasteiger partial charge is 0.496 e. The van der Waals surface area contributed by atoms with Gasteiger partial charge in [0, 0.05) is 5.56 Å². The van der Waals surface area contributed by atoms with Crippen LogP contribution in [-0.2, 0) is 16.0 Å². The van der Waals surface area contributed by atoms with E-state index in [0.29, 0.717) is 34.9 Å². The first kappa shape index (κ1) is 20.7. The van der Waals surface area contributed by atoms with E-state index in [1.165, 1.54) is 14.2 Å². The number of aromatic nitrogens is 2. The molecular formula is C23H25N3O5. The molecule has 0 saturated heterocycles. The Bertz CT molecular complexity index is 1130. The number of nitrogens with zero attached hydrogens (tertiary/aromatic N) is 2. The summed E-state index contributed by atoms with van der Waals surface area (Å²) in [4.78, 5) is 28.8. The zero-order chi connectivity index (χ0) is 22.0. The van der Waals surface area contributed by atoms with E-state index in [0.717, 1.165) is 36.8 Å². The fraction of sp³-hybridized carbons (Fsp3) is 0.348. The molecule has 1 saturated carbocycles. The summed E-state index contributed by atoms with van der Waals surface area (Å²) in [6.07, 6.45) is 4.02. The van der Waals surface area contributed by atoms with Crippen LogP contribution in [0.5, 0.6) is 5.75 Å². The molecule has 1 heterocycles. The summed E-state index contributed by atoms with van der Waals surface area (Å²) in [6, 6.07) is 10.3. The van der Waals surface area contributed by atoms with Crippen molar-refractivity contribution in [2.45, 2.75) is 38.3 Å². The summed E-state index contributed by atoms with van der Waals surface area (Å²) in [5.41, 5.74) is 9.24. The molecule has 1 aromatic heterocycles. The van der Waals surface area contributed by atoms with Gasteiger partial charge >= 0.3 is 11.9 Å². The molecule has 4 rings (SSSR count). The molecule has 162 valence electrons. The van der Waals surface area contributed by atoms with E-state index in [1.807, 2.05) is 0 Å². The number of imidazole rings is 1. The highest BCUT2D eigenvalue weighted by Gasteiger charge is 2.21. The number of ether oxygens (including phenoxy) is 3. The molecule has 2 aromatic carbocycles. The van der Waals surface area contributed by atoms with Crippen molar-refractivity contribution in [3.8, 4) is 5.75 Å². The van der Waals surface area contributed by atoms with Crippen molar-refractivity contribution in [3.63, 3.8) is 0 Å². The summed E-state index contributed by atoms with van der Waals surface area (Å²) in [7, 11) is 2.86. The summed E-state index contributed by atoms with van der Waals surface area (Å²) in [5, 5.41) is 0. The first-order valence-corrected chi connectivity index (χ1v) is 10.2. The molecule has 2 N–H and O–H groups in total. The van der Waals surface area contributed by atoms with Crippen LogP contribution in [0.2, 0.25) is 0 Å². The van der Waals surface area contributed by atoms with Crippen LogP contribution >= 0.6 is 0 Å². The van der Waals surface area contributed by atoms with Crippen molar-refractivity contribution in [2.75, 3.05) is 20.0 Å². The molecule has 0 amide bonds. The predicted octanol–water partition coefficient (Wildman–Crippen LogP) is 3.56. The number of carbonyl (C=O) groups is 2. The van der Waals surface area contributed by atoms with E-state index in [1.54, 1.807) is 41.0 Å². The number of anilines is 1. The van der Waals surface area contributed by atoms with E-state index < -0.39 is 5.97 Å². The van der Waals surface area contributed by atoms with Gasteiger partial charge < -0.3 is 24.5 Å². The molecule has 0 aliphatic heterocycles. The zero-order valence-electron chi connectivity index (χ0n) is 17.6. The van der Waals surface area contributed by atoms with Crippen molar-refractivity contribution < 1.29 is 23.8 Å². The van der Waals surface area contributed by atoms with Gasteiger partial charge in [-0.25, -0.2) is 14.6 Å². The number of methoxy groups -OCH3 is 2. The van der Waals surface area contributed by atoms with Crippen LogP contribution in [0.15, 0.2) is 36.4 Å². The van der Waals surface area contributed by atoms with Crippen LogP contribution in [0.4, 0.5) is 5.95 Å². The van der Waals surface area contributed by atoms with Crippen LogP contribution in [0.25, 0.3) is 11.0 Å². The Morgan fingerprint density at radius 1 is 1.06 bits per heavy atom. The average molecular weight is 423 g/mol. The molecule has 8 nitrogen and oxygen atoms in total. The molecule has 0 spiro atoms. The van der Waals surface area contributed by atoms with E-state index in [2.05, 4.69) is 4.98 Å². The Morgan fingerprint density at radius 3 is 2.48 bits per heavy atom. The third kappa shape index (κ3) is 4.19. The molecule has 31 heavy (non-hydrogen) atoms. The number of nitrogen functional groups attached to an aromatic ring is 1. The summed E-state index contributed by atoms with van der Waals surface area (Å²) >= 11 is 0. The first-order chi connectivity index (χ1) is 15.0. The van der Waals surface area contributed by atoms with Crippen molar-refractivity contribution in [2.24, 2.45) is 0 Å². The van der Waals surface area contributed by atoms with Gasteiger partial charge in [0.2, 0.25) is 5.95 Å². The molecule has 0 radical (unpaired) electrons. The maximum Gasteiger partial charge on any atom is 0.338 e. The second-order valence-electron chi connectivity index (χ2n) is 7.59. The Balaban J connectivity index is 1.65.